The molecular formula is C7H6NO2. The van der Waals surface area contributed by atoms with Gasteiger partial charge in [-0.15, -0.1) is 0 Å². The number of rotatable bonds is 1. The molecule has 3 heteroatoms. The summed E-state index contributed by atoms with van der Waals surface area (Å²) in [4.78, 5) is 13.9. The van der Waals surface area contributed by atoms with Crippen LogP contribution in [-0.2, 0) is 0 Å². The molecule has 1 aromatic heterocycles. The van der Waals surface area contributed by atoms with Gasteiger partial charge in [-0.05, 0) is 18.6 Å². The molecule has 0 bridgehead atoms. The number of carbonyl (C=O) groups is 1. The zero-order valence-electron chi connectivity index (χ0n) is 5.24. The fourth-order valence-electron chi connectivity index (χ4n) is 0.631. The summed E-state index contributed by atoms with van der Waals surface area (Å²) in [7, 11) is 0. The Hall–Kier alpha value is -1.38. The van der Waals surface area contributed by atoms with Crippen molar-refractivity contribution in [3.8, 4) is 0 Å². The molecule has 0 amide bonds. The molecule has 3 nitrogen and oxygen atoms in total. The van der Waals surface area contributed by atoms with Crippen molar-refractivity contribution < 1.29 is 9.90 Å². The van der Waals surface area contributed by atoms with Crippen molar-refractivity contribution in [1.82, 2.24) is 4.98 Å². The second-order valence-electron chi connectivity index (χ2n) is 1.82. The van der Waals surface area contributed by atoms with Crippen LogP contribution in [0.4, 0.5) is 0 Å². The van der Waals surface area contributed by atoms with E-state index in [9.17, 15) is 4.79 Å². The minimum Gasteiger partial charge on any atom is -0.477 e. The van der Waals surface area contributed by atoms with Crippen molar-refractivity contribution in [1.29, 1.82) is 0 Å². The molecule has 1 rings (SSSR count). The number of aromatic nitrogens is 1. The lowest BCUT2D eigenvalue weighted by atomic mass is 10.2. The van der Waals surface area contributed by atoms with Gasteiger partial charge in [0.05, 0.1) is 0 Å². The van der Waals surface area contributed by atoms with Crippen LogP contribution in [0.2, 0.25) is 0 Å². The first-order chi connectivity index (χ1) is 4.72. The summed E-state index contributed by atoms with van der Waals surface area (Å²) in [5.41, 5.74) is 0.456. The second kappa shape index (κ2) is 2.47. The van der Waals surface area contributed by atoms with Gasteiger partial charge < -0.3 is 5.11 Å². The average molecular weight is 136 g/mol. The summed E-state index contributed by atoms with van der Waals surface area (Å²) in [6.07, 6.45) is 1.43. The zero-order chi connectivity index (χ0) is 7.56. The number of aromatic carboxylic acids is 1. The van der Waals surface area contributed by atoms with Crippen LogP contribution in [-0.4, -0.2) is 16.1 Å². The molecule has 1 aromatic rings. The van der Waals surface area contributed by atoms with Crippen molar-refractivity contribution in [2.24, 2.45) is 0 Å². The Labute approximate surface area is 58.3 Å². The molecule has 0 atom stereocenters. The van der Waals surface area contributed by atoms with E-state index in [1.54, 1.807) is 12.1 Å². The lowest BCUT2D eigenvalue weighted by Crippen LogP contribution is -2.01. The average Bonchev–Trinajstić information content (AvgIpc) is 1.88. The molecule has 1 radical (unpaired) electrons. The third kappa shape index (κ3) is 1.13. The predicted molar refractivity (Wildman–Crippen MR) is 35.7 cm³/mol. The summed E-state index contributed by atoms with van der Waals surface area (Å²) >= 11 is 0. The molecule has 0 saturated heterocycles. The Morgan fingerprint density at radius 1 is 1.70 bits per heavy atom. The first-order valence-corrected chi connectivity index (χ1v) is 2.72. The van der Waals surface area contributed by atoms with Gasteiger partial charge in [0.2, 0.25) is 0 Å². The van der Waals surface area contributed by atoms with Gasteiger partial charge >= 0.3 is 5.97 Å². The van der Waals surface area contributed by atoms with Gasteiger partial charge in [-0.2, -0.15) is 0 Å². The monoisotopic (exact) mass is 136 g/mol. The molecule has 1 heterocycles. The second-order valence-corrected chi connectivity index (χ2v) is 1.82. The Morgan fingerprint density at radius 2 is 2.40 bits per heavy atom. The van der Waals surface area contributed by atoms with Crippen LogP contribution in [0.1, 0.15) is 16.1 Å². The fraction of sp³-hybridized carbons (Fsp3) is 0. The van der Waals surface area contributed by atoms with E-state index in [2.05, 4.69) is 11.9 Å². The Morgan fingerprint density at radius 3 is 2.80 bits per heavy atom. The van der Waals surface area contributed by atoms with Crippen molar-refractivity contribution >= 4 is 5.97 Å². The minimum atomic E-state index is -1.04. The van der Waals surface area contributed by atoms with Gasteiger partial charge in [-0.3, -0.25) is 0 Å². The van der Waals surface area contributed by atoms with Crippen LogP contribution < -0.4 is 0 Å². The van der Waals surface area contributed by atoms with Crippen molar-refractivity contribution in [2.75, 3.05) is 0 Å². The van der Waals surface area contributed by atoms with E-state index in [0.717, 1.165) is 0 Å². The van der Waals surface area contributed by atoms with Crippen molar-refractivity contribution in [3.05, 3.63) is 36.5 Å². The highest BCUT2D eigenvalue weighted by Crippen LogP contribution is 2.01. The summed E-state index contributed by atoms with van der Waals surface area (Å²) in [6, 6.07) is 3.26. The maximum Gasteiger partial charge on any atom is 0.354 e. The topological polar surface area (TPSA) is 50.2 Å². The molecule has 51 valence electrons. The summed E-state index contributed by atoms with van der Waals surface area (Å²) in [5.74, 6) is -1.04. The van der Waals surface area contributed by atoms with Crippen molar-refractivity contribution in [3.63, 3.8) is 0 Å². The van der Waals surface area contributed by atoms with E-state index in [1.807, 2.05) is 0 Å². The van der Waals surface area contributed by atoms with Crippen LogP contribution in [0.5, 0.6) is 0 Å². The highest BCUT2D eigenvalue weighted by Gasteiger charge is 2.05. The number of nitrogens with zero attached hydrogens (tertiary/aromatic N) is 1. The molecule has 1 N–H and O–H groups in total. The summed E-state index contributed by atoms with van der Waals surface area (Å²) in [5, 5.41) is 8.46. The lowest BCUT2D eigenvalue weighted by Gasteiger charge is -1.94. The van der Waals surface area contributed by atoms with E-state index in [1.165, 1.54) is 6.20 Å². The molecule has 0 saturated carbocycles. The van der Waals surface area contributed by atoms with E-state index in [-0.39, 0.29) is 5.69 Å². The highest BCUT2D eigenvalue weighted by molar-refractivity contribution is 5.87. The Balaban J connectivity index is 3.15. The summed E-state index contributed by atoms with van der Waals surface area (Å²) < 4.78 is 0. The van der Waals surface area contributed by atoms with Gasteiger partial charge in [0.25, 0.3) is 0 Å². The highest BCUT2D eigenvalue weighted by atomic mass is 16.4. The molecule has 0 aliphatic heterocycles. The van der Waals surface area contributed by atoms with Crippen LogP contribution >= 0.6 is 0 Å². The number of hydrogen-bond donors (Lipinski definition) is 1. The molecular weight excluding hydrogens is 130 g/mol. The van der Waals surface area contributed by atoms with E-state index in [4.69, 9.17) is 5.11 Å². The van der Waals surface area contributed by atoms with Gasteiger partial charge in [0.15, 0.2) is 5.69 Å². The van der Waals surface area contributed by atoms with E-state index < -0.39 is 5.97 Å². The standard InChI is InChI=1S/C7H6NO2/c1-5-3-2-4-8-6(5)7(9)10/h2-4H,1H2,(H,9,10). The van der Waals surface area contributed by atoms with E-state index >= 15 is 0 Å². The SMILES string of the molecule is [CH2]c1cccnc1C(=O)O. The number of carboxylic acid groups (broad SMARTS) is 1. The third-order valence-corrected chi connectivity index (χ3v) is 1.09. The molecule has 0 fully saturated rings. The Kier molecular flexibility index (Phi) is 1.67. The molecule has 0 unspecified atom stereocenters. The zero-order valence-corrected chi connectivity index (χ0v) is 5.24. The van der Waals surface area contributed by atoms with Crippen LogP contribution in [0, 0.1) is 6.92 Å². The van der Waals surface area contributed by atoms with Crippen LogP contribution in [0.25, 0.3) is 0 Å². The van der Waals surface area contributed by atoms with Gasteiger partial charge in [0, 0.05) is 6.20 Å². The van der Waals surface area contributed by atoms with Crippen LogP contribution in [0.15, 0.2) is 18.3 Å². The Bertz CT molecular complexity index is 258. The van der Waals surface area contributed by atoms with Gasteiger partial charge in [-0.25, -0.2) is 9.78 Å². The largest absolute Gasteiger partial charge is 0.477 e. The summed E-state index contributed by atoms with van der Waals surface area (Å²) in [6.45, 7) is 3.50. The van der Waals surface area contributed by atoms with Gasteiger partial charge in [0.1, 0.15) is 0 Å². The van der Waals surface area contributed by atoms with E-state index in [0.29, 0.717) is 5.56 Å². The fourth-order valence-corrected chi connectivity index (χ4v) is 0.631. The lowest BCUT2D eigenvalue weighted by molar-refractivity contribution is 0.0690. The number of carboxylic acids is 1. The molecule has 0 spiro atoms. The first kappa shape index (κ1) is 6.74. The maximum atomic E-state index is 10.3. The predicted octanol–water partition coefficient (Wildman–Crippen LogP) is 0.962. The normalized spacial score (nSPS) is 9.30. The molecule has 0 aromatic carbocycles. The first-order valence-electron chi connectivity index (χ1n) is 2.72. The third-order valence-electron chi connectivity index (χ3n) is 1.09. The number of pyridine rings is 1. The molecule has 10 heavy (non-hydrogen) atoms. The van der Waals surface area contributed by atoms with Gasteiger partial charge in [-0.1, -0.05) is 6.07 Å². The van der Waals surface area contributed by atoms with Crippen LogP contribution in [0.3, 0.4) is 0 Å². The molecule has 0 aliphatic carbocycles. The maximum absolute atomic E-state index is 10.3. The molecule has 0 aliphatic rings. The minimum absolute atomic E-state index is 0.0162. The number of hydrogen-bond acceptors (Lipinski definition) is 2. The van der Waals surface area contributed by atoms with Crippen molar-refractivity contribution in [2.45, 2.75) is 0 Å². The quantitative estimate of drug-likeness (QED) is 0.625. The smallest absolute Gasteiger partial charge is 0.354 e.